The molecular weight excluding hydrogens is 722 g/mol. The highest BCUT2D eigenvalue weighted by molar-refractivity contribution is 9.10. The van der Waals surface area contributed by atoms with Crippen molar-refractivity contribution in [1.82, 2.24) is 20.1 Å². The second kappa shape index (κ2) is 12.9. The van der Waals surface area contributed by atoms with E-state index in [2.05, 4.69) is 52.7 Å². The maximum atomic E-state index is 13.1. The van der Waals surface area contributed by atoms with Crippen LogP contribution in [0.4, 0.5) is 18.9 Å². The summed E-state index contributed by atoms with van der Waals surface area (Å²) in [5.41, 5.74) is -0.177. The molecule has 0 aliphatic heterocycles. The molecule has 2 N–H and O–H groups in total. The molecule has 40 heavy (non-hydrogen) atoms. The van der Waals surface area contributed by atoms with Gasteiger partial charge >= 0.3 is 6.18 Å². The Kier molecular flexibility index (Phi) is 9.83. The first-order valence-corrected chi connectivity index (χ1v) is 14.5. The first-order valence-electron chi connectivity index (χ1n) is 11.2. The van der Waals surface area contributed by atoms with E-state index < -0.39 is 23.6 Å². The summed E-state index contributed by atoms with van der Waals surface area (Å²) >= 11 is 19.9. The molecule has 3 aromatic carbocycles. The molecule has 0 aliphatic rings. The average molecular weight is 738 g/mol. The summed E-state index contributed by atoms with van der Waals surface area (Å²) in [7, 11) is 0. The number of benzene rings is 3. The minimum absolute atomic E-state index is 0.0165. The number of aromatic nitrogens is 3. The monoisotopic (exact) mass is 735 g/mol. The van der Waals surface area contributed by atoms with E-state index in [0.717, 1.165) is 34.4 Å². The van der Waals surface area contributed by atoms with Gasteiger partial charge in [0.05, 0.1) is 39.2 Å². The van der Waals surface area contributed by atoms with Crippen LogP contribution in [-0.2, 0) is 17.5 Å². The summed E-state index contributed by atoms with van der Waals surface area (Å²) in [6.07, 6.45) is -4.59. The lowest BCUT2D eigenvalue weighted by atomic mass is 10.2. The van der Waals surface area contributed by atoms with Gasteiger partial charge in [-0.1, -0.05) is 66.8 Å². The van der Waals surface area contributed by atoms with Crippen molar-refractivity contribution in [2.45, 2.75) is 17.9 Å². The van der Waals surface area contributed by atoms with Crippen LogP contribution in [-0.4, -0.2) is 32.3 Å². The molecule has 0 spiro atoms. The number of nitrogens with zero attached hydrogens (tertiary/aromatic N) is 3. The molecule has 1 aromatic heterocycles. The van der Waals surface area contributed by atoms with Crippen molar-refractivity contribution in [2.24, 2.45) is 0 Å². The SMILES string of the molecule is O=C(CSc1nnc(CNC(=O)c2cc(Br)ccc2Cl)n1-c1ccc(Br)cc1)Nc1cc(C(F)(F)F)ccc1Cl. The molecule has 2 amide bonds. The lowest BCUT2D eigenvalue weighted by molar-refractivity contribution is -0.137. The van der Waals surface area contributed by atoms with Crippen molar-refractivity contribution >= 4 is 84.3 Å². The van der Waals surface area contributed by atoms with E-state index in [1.165, 1.54) is 0 Å². The number of hydrogen-bond acceptors (Lipinski definition) is 5. The average Bonchev–Trinajstić information content (AvgIpc) is 3.31. The highest BCUT2D eigenvalue weighted by Gasteiger charge is 2.31. The van der Waals surface area contributed by atoms with Crippen molar-refractivity contribution in [3.05, 3.63) is 96.6 Å². The fourth-order valence-electron chi connectivity index (χ4n) is 3.40. The molecule has 0 unspecified atom stereocenters. The molecule has 0 radical (unpaired) electrons. The standard InChI is InChI=1S/C25H16Br2Cl2F3N5O2S/c26-14-2-5-16(6-3-14)37-21(11-33-23(39)17-10-15(27)4-8-18(17)28)35-36-24(37)40-12-22(38)34-20-9-13(25(30,31)32)1-7-19(20)29/h1-10H,11-12H2,(H,33,39)(H,34,38). The summed E-state index contributed by atoms with van der Waals surface area (Å²) in [5.74, 6) is -0.870. The van der Waals surface area contributed by atoms with E-state index >= 15 is 0 Å². The van der Waals surface area contributed by atoms with Gasteiger partial charge in [0.2, 0.25) is 5.91 Å². The van der Waals surface area contributed by atoms with Crippen LogP contribution in [0, 0.1) is 0 Å². The highest BCUT2D eigenvalue weighted by atomic mass is 79.9. The first-order chi connectivity index (χ1) is 18.9. The number of amides is 2. The fourth-order valence-corrected chi connectivity index (χ4v) is 5.16. The number of carbonyl (C=O) groups excluding carboxylic acids is 2. The van der Waals surface area contributed by atoms with Crippen molar-refractivity contribution < 1.29 is 22.8 Å². The van der Waals surface area contributed by atoms with Crippen LogP contribution in [0.15, 0.2) is 74.8 Å². The van der Waals surface area contributed by atoms with Gasteiger partial charge in [-0.3, -0.25) is 14.2 Å². The molecule has 208 valence electrons. The van der Waals surface area contributed by atoms with Crippen LogP contribution in [0.3, 0.4) is 0 Å². The van der Waals surface area contributed by atoms with Crippen molar-refractivity contribution in [1.29, 1.82) is 0 Å². The second-order valence-electron chi connectivity index (χ2n) is 8.05. The molecule has 15 heteroatoms. The van der Waals surface area contributed by atoms with Crippen LogP contribution in [0.25, 0.3) is 5.69 Å². The molecule has 0 saturated heterocycles. The largest absolute Gasteiger partial charge is 0.416 e. The maximum Gasteiger partial charge on any atom is 0.416 e. The minimum atomic E-state index is -4.59. The molecule has 7 nitrogen and oxygen atoms in total. The molecule has 0 saturated carbocycles. The molecule has 0 fully saturated rings. The number of anilines is 1. The van der Waals surface area contributed by atoms with Gasteiger partial charge in [-0.25, -0.2) is 0 Å². The van der Waals surface area contributed by atoms with E-state index in [0.29, 0.717) is 21.1 Å². The van der Waals surface area contributed by atoms with Crippen molar-refractivity contribution in [2.75, 3.05) is 11.1 Å². The van der Waals surface area contributed by atoms with Crippen molar-refractivity contribution in [3.63, 3.8) is 0 Å². The Hall–Kier alpha value is -2.58. The third-order valence-electron chi connectivity index (χ3n) is 5.27. The second-order valence-corrected chi connectivity index (χ2v) is 11.6. The fraction of sp³-hybridized carbons (Fsp3) is 0.120. The topological polar surface area (TPSA) is 88.9 Å². The normalized spacial score (nSPS) is 11.4. The Bertz CT molecular complexity index is 1570. The number of rotatable bonds is 8. The lowest BCUT2D eigenvalue weighted by Gasteiger charge is -2.13. The van der Waals surface area contributed by atoms with Gasteiger partial charge in [-0.15, -0.1) is 10.2 Å². The van der Waals surface area contributed by atoms with Gasteiger partial charge in [-0.05, 0) is 60.7 Å². The summed E-state index contributed by atoms with van der Waals surface area (Å²) < 4.78 is 42.4. The third kappa shape index (κ3) is 7.58. The number of hydrogen-bond donors (Lipinski definition) is 2. The number of thioether (sulfide) groups is 1. The Morgan fingerprint density at radius 3 is 2.30 bits per heavy atom. The van der Waals surface area contributed by atoms with E-state index in [1.54, 1.807) is 47.0 Å². The number of nitrogens with one attached hydrogen (secondary N) is 2. The Morgan fingerprint density at radius 1 is 0.925 bits per heavy atom. The van der Waals surface area contributed by atoms with E-state index in [4.69, 9.17) is 23.2 Å². The van der Waals surface area contributed by atoms with Crippen LogP contribution in [0.2, 0.25) is 10.0 Å². The van der Waals surface area contributed by atoms with Gasteiger partial charge in [0.1, 0.15) is 0 Å². The Balaban J connectivity index is 1.52. The zero-order valence-corrected chi connectivity index (χ0v) is 25.4. The third-order valence-corrected chi connectivity index (χ3v) is 7.88. The zero-order chi connectivity index (χ0) is 29.0. The smallest absolute Gasteiger partial charge is 0.345 e. The van der Waals surface area contributed by atoms with E-state index in [9.17, 15) is 22.8 Å². The van der Waals surface area contributed by atoms with Gasteiger partial charge in [-0.2, -0.15) is 13.2 Å². The van der Waals surface area contributed by atoms with Crippen LogP contribution >= 0.6 is 66.8 Å². The molecule has 4 rings (SSSR count). The predicted molar refractivity (Wildman–Crippen MR) is 155 cm³/mol. The van der Waals surface area contributed by atoms with Gasteiger partial charge in [0, 0.05) is 14.6 Å². The Morgan fingerprint density at radius 2 is 1.60 bits per heavy atom. The van der Waals surface area contributed by atoms with E-state index in [-0.39, 0.29) is 33.6 Å². The molecule has 1 heterocycles. The zero-order valence-electron chi connectivity index (χ0n) is 19.9. The predicted octanol–water partition coefficient (Wildman–Crippen LogP) is 7.78. The summed E-state index contributed by atoms with van der Waals surface area (Å²) in [5, 5.41) is 14.1. The first kappa shape index (κ1) is 30.4. The maximum absolute atomic E-state index is 13.1. The Labute approximate surface area is 257 Å². The number of halogens is 7. The summed E-state index contributed by atoms with van der Waals surface area (Å²) in [4.78, 5) is 25.4. The molecule has 0 atom stereocenters. The van der Waals surface area contributed by atoms with E-state index in [1.807, 2.05) is 0 Å². The lowest BCUT2D eigenvalue weighted by Crippen LogP contribution is -2.25. The highest BCUT2D eigenvalue weighted by Crippen LogP contribution is 2.34. The quantitative estimate of drug-likeness (QED) is 0.181. The van der Waals surface area contributed by atoms with Gasteiger partial charge < -0.3 is 10.6 Å². The summed E-state index contributed by atoms with van der Waals surface area (Å²) in [6, 6.07) is 14.7. The van der Waals surface area contributed by atoms with Crippen LogP contribution in [0.1, 0.15) is 21.7 Å². The van der Waals surface area contributed by atoms with Crippen molar-refractivity contribution in [3.8, 4) is 5.69 Å². The molecular formula is C25H16Br2Cl2F3N5O2S. The molecule has 0 aliphatic carbocycles. The number of alkyl halides is 3. The molecule has 4 aromatic rings. The minimum Gasteiger partial charge on any atom is -0.345 e. The van der Waals surface area contributed by atoms with Gasteiger partial charge in [0.15, 0.2) is 11.0 Å². The van der Waals surface area contributed by atoms with Crippen LogP contribution < -0.4 is 10.6 Å². The number of carbonyl (C=O) groups is 2. The summed E-state index contributed by atoms with van der Waals surface area (Å²) in [6.45, 7) is -0.0165. The molecule has 0 bridgehead atoms. The van der Waals surface area contributed by atoms with Crippen LogP contribution in [0.5, 0.6) is 0 Å². The van der Waals surface area contributed by atoms with Gasteiger partial charge in [0.25, 0.3) is 5.91 Å².